The van der Waals surface area contributed by atoms with Gasteiger partial charge in [-0.2, -0.15) is 0 Å². The van der Waals surface area contributed by atoms with Gasteiger partial charge in [-0.05, 0) is 74.1 Å². The van der Waals surface area contributed by atoms with Crippen molar-refractivity contribution in [1.29, 1.82) is 0 Å². The molecule has 176 valence electrons. The van der Waals surface area contributed by atoms with Crippen LogP contribution in [0.2, 0.25) is 0 Å². The number of hydrogen-bond donors (Lipinski definition) is 1. The summed E-state index contributed by atoms with van der Waals surface area (Å²) in [6, 6.07) is 15.5. The number of nitrogens with zero attached hydrogens (tertiary/aromatic N) is 1. The van der Waals surface area contributed by atoms with Gasteiger partial charge in [-0.3, -0.25) is 9.59 Å². The first-order valence-electron chi connectivity index (χ1n) is 12.2. The summed E-state index contributed by atoms with van der Waals surface area (Å²) in [6.07, 6.45) is 6.21. The van der Waals surface area contributed by atoms with Crippen LogP contribution in [-0.4, -0.2) is 54.1 Å². The van der Waals surface area contributed by atoms with E-state index in [0.29, 0.717) is 43.0 Å². The van der Waals surface area contributed by atoms with Crippen molar-refractivity contribution < 1.29 is 19.4 Å². The van der Waals surface area contributed by atoms with Crippen molar-refractivity contribution in [2.75, 3.05) is 20.2 Å². The number of ketones is 1. The Hall–Kier alpha value is -2.50. The average Bonchev–Trinajstić information content (AvgIpc) is 3.29. The third kappa shape index (κ3) is 6.10. The van der Waals surface area contributed by atoms with Crippen LogP contribution in [0.1, 0.15) is 70.4 Å². The van der Waals surface area contributed by atoms with Crippen molar-refractivity contribution in [3.05, 3.63) is 70.8 Å². The van der Waals surface area contributed by atoms with E-state index in [1.54, 1.807) is 31.4 Å². The van der Waals surface area contributed by atoms with Crippen molar-refractivity contribution >= 4 is 11.7 Å². The highest BCUT2D eigenvalue weighted by molar-refractivity contribution is 5.98. The molecule has 1 N–H and O–H groups in total. The summed E-state index contributed by atoms with van der Waals surface area (Å²) in [7, 11) is 1.71. The predicted octanol–water partition coefficient (Wildman–Crippen LogP) is 4.46. The van der Waals surface area contributed by atoms with Gasteiger partial charge in [0.1, 0.15) is 0 Å². The first-order valence-corrected chi connectivity index (χ1v) is 12.2. The van der Waals surface area contributed by atoms with Crippen molar-refractivity contribution in [2.45, 2.75) is 63.6 Å². The Bertz CT molecular complexity index is 922. The molecule has 0 aromatic heterocycles. The lowest BCUT2D eigenvalue weighted by atomic mass is 9.95. The Labute approximate surface area is 196 Å². The second-order valence-corrected chi connectivity index (χ2v) is 9.54. The smallest absolute Gasteiger partial charge is 0.253 e. The molecule has 1 atom stereocenters. The lowest BCUT2D eigenvalue weighted by Gasteiger charge is -2.31. The number of benzene rings is 2. The van der Waals surface area contributed by atoms with Gasteiger partial charge < -0.3 is 14.7 Å². The number of hydrogen-bond acceptors (Lipinski definition) is 4. The van der Waals surface area contributed by atoms with Gasteiger partial charge in [0.2, 0.25) is 0 Å². The lowest BCUT2D eigenvalue weighted by molar-refractivity contribution is 0.0350. The molecule has 0 saturated carbocycles. The predicted molar refractivity (Wildman–Crippen MR) is 129 cm³/mol. The summed E-state index contributed by atoms with van der Waals surface area (Å²) >= 11 is 0. The average molecular weight is 450 g/mol. The number of Topliss-reactive ketones (excluding diaryl/α,β-unsaturated/α-hetero) is 1. The number of methoxy groups -OCH3 is 1. The van der Waals surface area contributed by atoms with Crippen LogP contribution >= 0.6 is 0 Å². The van der Waals surface area contributed by atoms with Crippen molar-refractivity contribution in [2.24, 2.45) is 5.92 Å². The minimum Gasteiger partial charge on any atom is -0.393 e. The molecule has 4 rings (SSSR count). The minimum absolute atomic E-state index is 0.00744. The van der Waals surface area contributed by atoms with Crippen LogP contribution in [0.25, 0.3) is 0 Å². The van der Waals surface area contributed by atoms with Crippen LogP contribution in [0.4, 0.5) is 0 Å². The third-order valence-corrected chi connectivity index (χ3v) is 7.26. The van der Waals surface area contributed by atoms with Gasteiger partial charge >= 0.3 is 0 Å². The maximum Gasteiger partial charge on any atom is 0.253 e. The van der Waals surface area contributed by atoms with Crippen LogP contribution < -0.4 is 0 Å². The lowest BCUT2D eigenvalue weighted by Crippen LogP contribution is -2.40. The molecule has 2 aromatic carbocycles. The second kappa shape index (κ2) is 11.1. The number of fused-ring (bicyclic) bond motifs is 1. The molecule has 2 aromatic rings. The molecule has 33 heavy (non-hydrogen) atoms. The number of amides is 1. The number of carbonyl (C=O) groups is 2. The summed E-state index contributed by atoms with van der Waals surface area (Å²) in [5.41, 5.74) is 4.09. The minimum atomic E-state index is -0.450. The number of piperidine rings is 1. The molecular formula is C28H35NO4. The molecule has 1 saturated heterocycles. The second-order valence-electron chi connectivity index (χ2n) is 9.54. The number of likely N-dealkylation sites (tertiary alicyclic amines) is 1. The van der Waals surface area contributed by atoms with E-state index in [-0.39, 0.29) is 17.8 Å². The zero-order valence-electron chi connectivity index (χ0n) is 19.5. The SMILES string of the molecule is COC1CCN(C(=O)c2ccc(C(=O)CC[C@@H](O)CCC3Cc4ccccc4C3)cc2)CC1. The Balaban J connectivity index is 1.19. The summed E-state index contributed by atoms with van der Waals surface area (Å²) in [6.45, 7) is 1.39. The van der Waals surface area contributed by atoms with E-state index < -0.39 is 6.10 Å². The molecule has 1 fully saturated rings. The van der Waals surface area contributed by atoms with Crippen molar-refractivity contribution in [1.82, 2.24) is 4.90 Å². The summed E-state index contributed by atoms with van der Waals surface area (Å²) in [5.74, 6) is 0.619. The highest BCUT2D eigenvalue weighted by atomic mass is 16.5. The van der Waals surface area contributed by atoms with E-state index in [0.717, 1.165) is 38.5 Å². The normalized spacial score (nSPS) is 17.7. The summed E-state index contributed by atoms with van der Waals surface area (Å²) in [4.78, 5) is 27.2. The number of aliphatic hydroxyl groups excluding tert-OH is 1. The van der Waals surface area contributed by atoms with Crippen LogP contribution in [-0.2, 0) is 17.6 Å². The van der Waals surface area contributed by atoms with Gasteiger partial charge in [-0.25, -0.2) is 0 Å². The van der Waals surface area contributed by atoms with E-state index in [9.17, 15) is 14.7 Å². The molecule has 1 aliphatic carbocycles. The number of ether oxygens (including phenoxy) is 1. The molecule has 0 bridgehead atoms. The van der Waals surface area contributed by atoms with E-state index in [2.05, 4.69) is 24.3 Å². The van der Waals surface area contributed by atoms with Crippen molar-refractivity contribution in [3.8, 4) is 0 Å². The first-order chi connectivity index (χ1) is 16.0. The molecule has 1 heterocycles. The Morgan fingerprint density at radius 1 is 0.970 bits per heavy atom. The Kier molecular flexibility index (Phi) is 7.94. The zero-order chi connectivity index (χ0) is 23.2. The van der Waals surface area contributed by atoms with Gasteiger partial charge in [-0.1, -0.05) is 36.4 Å². The first kappa shape index (κ1) is 23.7. The fraction of sp³-hybridized carbons (Fsp3) is 0.500. The van der Waals surface area contributed by atoms with Gasteiger partial charge in [-0.15, -0.1) is 0 Å². The molecule has 5 heteroatoms. The van der Waals surface area contributed by atoms with Crippen LogP contribution in [0.5, 0.6) is 0 Å². The summed E-state index contributed by atoms with van der Waals surface area (Å²) < 4.78 is 5.37. The van der Waals surface area contributed by atoms with E-state index in [1.807, 2.05) is 4.90 Å². The molecule has 1 amide bonds. The highest BCUT2D eigenvalue weighted by Gasteiger charge is 2.24. The number of aliphatic hydroxyl groups is 1. The zero-order valence-corrected chi connectivity index (χ0v) is 19.5. The standard InChI is InChI=1S/C28H35NO4/c1-33-26-14-16-29(17-15-26)28(32)22-9-7-21(8-10-22)27(31)13-12-25(30)11-6-20-18-23-4-2-3-5-24(23)19-20/h2-5,7-10,20,25-26,30H,6,11-19H2,1H3/t25-/m0/s1. The van der Waals surface area contributed by atoms with Gasteiger partial charge in [0.15, 0.2) is 5.78 Å². The van der Waals surface area contributed by atoms with Crippen molar-refractivity contribution in [3.63, 3.8) is 0 Å². The Morgan fingerprint density at radius 3 is 2.18 bits per heavy atom. The number of rotatable bonds is 9. The van der Waals surface area contributed by atoms with E-state index >= 15 is 0 Å². The van der Waals surface area contributed by atoms with Crippen LogP contribution in [0.3, 0.4) is 0 Å². The third-order valence-electron chi connectivity index (χ3n) is 7.26. The molecular weight excluding hydrogens is 414 g/mol. The molecule has 0 spiro atoms. The molecule has 2 aliphatic rings. The van der Waals surface area contributed by atoms with Crippen LogP contribution in [0, 0.1) is 5.92 Å². The van der Waals surface area contributed by atoms with Gasteiger partial charge in [0.05, 0.1) is 12.2 Å². The van der Waals surface area contributed by atoms with E-state index in [1.165, 1.54) is 11.1 Å². The van der Waals surface area contributed by atoms with Crippen LogP contribution in [0.15, 0.2) is 48.5 Å². The Morgan fingerprint density at radius 2 is 1.58 bits per heavy atom. The molecule has 5 nitrogen and oxygen atoms in total. The number of carbonyl (C=O) groups excluding carboxylic acids is 2. The van der Waals surface area contributed by atoms with Gasteiger partial charge in [0, 0.05) is 37.7 Å². The molecule has 0 unspecified atom stereocenters. The fourth-order valence-corrected chi connectivity index (χ4v) is 5.14. The maximum absolute atomic E-state index is 12.7. The molecule has 1 aliphatic heterocycles. The quantitative estimate of drug-likeness (QED) is 0.574. The highest BCUT2D eigenvalue weighted by Crippen LogP contribution is 2.30. The maximum atomic E-state index is 12.7. The largest absolute Gasteiger partial charge is 0.393 e. The fourth-order valence-electron chi connectivity index (χ4n) is 5.14. The monoisotopic (exact) mass is 449 g/mol. The molecule has 0 radical (unpaired) electrons. The van der Waals surface area contributed by atoms with E-state index in [4.69, 9.17) is 4.74 Å². The topological polar surface area (TPSA) is 66.8 Å². The summed E-state index contributed by atoms with van der Waals surface area (Å²) in [5, 5.41) is 10.4. The van der Waals surface area contributed by atoms with Gasteiger partial charge in [0.25, 0.3) is 5.91 Å².